The molecule has 0 aromatic heterocycles. The maximum Gasteiger partial charge on any atom is 0.245 e. The number of benzene rings is 2. The van der Waals surface area contributed by atoms with Crippen LogP contribution in [0.25, 0.3) is 0 Å². The fraction of sp³-hybridized carbons (Fsp3) is 0.316. The summed E-state index contributed by atoms with van der Waals surface area (Å²) >= 11 is 0. The first kappa shape index (κ1) is 18.5. The lowest BCUT2D eigenvalue weighted by atomic mass is 10.1. The molecule has 3 rings (SSSR count). The molecule has 5 nitrogen and oxygen atoms in total. The Bertz CT molecular complexity index is 880. The minimum atomic E-state index is -3.78. The van der Waals surface area contributed by atoms with E-state index in [0.29, 0.717) is 18.7 Å². The van der Waals surface area contributed by atoms with E-state index in [-0.39, 0.29) is 16.6 Å². The summed E-state index contributed by atoms with van der Waals surface area (Å²) in [5, 5.41) is 0. The molecule has 0 aliphatic carbocycles. The Morgan fingerprint density at radius 1 is 1.12 bits per heavy atom. The van der Waals surface area contributed by atoms with Crippen LogP contribution in [-0.2, 0) is 21.2 Å². The molecule has 0 bridgehead atoms. The van der Waals surface area contributed by atoms with Crippen LogP contribution in [0.4, 0.5) is 10.1 Å². The van der Waals surface area contributed by atoms with Crippen molar-refractivity contribution in [2.75, 3.05) is 11.4 Å². The Hall–Kier alpha value is -2.25. The Morgan fingerprint density at radius 3 is 2.38 bits per heavy atom. The van der Waals surface area contributed by atoms with Crippen LogP contribution >= 0.6 is 0 Å². The van der Waals surface area contributed by atoms with Gasteiger partial charge in [0.25, 0.3) is 0 Å². The molecule has 1 saturated heterocycles. The average molecular weight is 376 g/mol. The maximum atomic E-state index is 13.0. The molecule has 7 heteroatoms. The number of nitrogens with one attached hydrogen (secondary N) is 1. The van der Waals surface area contributed by atoms with Gasteiger partial charge in [0.1, 0.15) is 11.9 Å². The number of hydrogen-bond acceptors (Lipinski definition) is 3. The van der Waals surface area contributed by atoms with E-state index < -0.39 is 16.1 Å². The molecule has 26 heavy (non-hydrogen) atoms. The molecule has 1 heterocycles. The first-order chi connectivity index (χ1) is 12.4. The summed E-state index contributed by atoms with van der Waals surface area (Å²) in [6.45, 7) is 2.44. The summed E-state index contributed by atoms with van der Waals surface area (Å²) in [7, 11) is -3.78. The van der Waals surface area contributed by atoms with E-state index in [0.717, 1.165) is 18.4 Å². The number of halogens is 1. The highest BCUT2D eigenvalue weighted by Gasteiger charge is 2.35. The number of rotatable bonds is 6. The number of carbonyl (C=O) groups is 1. The van der Waals surface area contributed by atoms with Gasteiger partial charge in [-0.1, -0.05) is 25.5 Å². The van der Waals surface area contributed by atoms with Gasteiger partial charge in [-0.2, -0.15) is 4.72 Å². The standard InChI is InChI=1S/C19H21FN2O3S/c1-2-3-14-4-10-17(11-5-14)26(24,25)21-18-12-13-22(19(18)23)16-8-6-15(20)7-9-16/h4-11,18,21H,2-3,12-13H2,1H3/t18-/m0/s1. The van der Waals surface area contributed by atoms with Crippen molar-refractivity contribution in [1.82, 2.24) is 4.72 Å². The number of nitrogens with zero attached hydrogens (tertiary/aromatic N) is 1. The van der Waals surface area contributed by atoms with Crippen molar-refractivity contribution in [2.45, 2.75) is 37.1 Å². The molecule has 2 aromatic carbocycles. The lowest BCUT2D eigenvalue weighted by Gasteiger charge is -2.17. The Labute approximate surface area is 152 Å². The largest absolute Gasteiger partial charge is 0.311 e. The van der Waals surface area contributed by atoms with Crippen molar-refractivity contribution in [3.05, 3.63) is 59.9 Å². The first-order valence-corrected chi connectivity index (χ1v) is 10.1. The summed E-state index contributed by atoms with van der Waals surface area (Å²) < 4.78 is 40.6. The van der Waals surface area contributed by atoms with E-state index in [4.69, 9.17) is 0 Å². The Kier molecular flexibility index (Phi) is 5.38. The van der Waals surface area contributed by atoms with Gasteiger partial charge in [-0.3, -0.25) is 4.79 Å². The number of carbonyl (C=O) groups excluding carboxylic acids is 1. The summed E-state index contributed by atoms with van der Waals surface area (Å²) in [4.78, 5) is 14.2. The second kappa shape index (κ2) is 7.55. The summed E-state index contributed by atoms with van der Waals surface area (Å²) in [6, 6.07) is 11.5. The molecule has 1 fully saturated rings. The Morgan fingerprint density at radius 2 is 1.77 bits per heavy atom. The third kappa shape index (κ3) is 3.94. The highest BCUT2D eigenvalue weighted by Crippen LogP contribution is 2.23. The fourth-order valence-electron chi connectivity index (χ4n) is 3.05. The zero-order valence-electron chi connectivity index (χ0n) is 14.5. The minimum Gasteiger partial charge on any atom is -0.311 e. The quantitative estimate of drug-likeness (QED) is 0.843. The van der Waals surface area contributed by atoms with E-state index in [9.17, 15) is 17.6 Å². The molecule has 0 radical (unpaired) electrons. The van der Waals surface area contributed by atoms with Gasteiger partial charge in [0.05, 0.1) is 4.90 Å². The van der Waals surface area contributed by atoms with E-state index in [2.05, 4.69) is 11.6 Å². The van der Waals surface area contributed by atoms with Crippen molar-refractivity contribution in [1.29, 1.82) is 0 Å². The van der Waals surface area contributed by atoms with Crippen molar-refractivity contribution >= 4 is 21.6 Å². The lowest BCUT2D eigenvalue weighted by Crippen LogP contribution is -2.41. The maximum absolute atomic E-state index is 13.0. The van der Waals surface area contributed by atoms with Gasteiger partial charge < -0.3 is 4.90 Å². The number of sulfonamides is 1. The molecule has 1 amide bonds. The molecule has 2 aromatic rings. The highest BCUT2D eigenvalue weighted by molar-refractivity contribution is 7.89. The van der Waals surface area contributed by atoms with Gasteiger partial charge in [-0.25, -0.2) is 12.8 Å². The molecular weight excluding hydrogens is 355 g/mol. The smallest absolute Gasteiger partial charge is 0.245 e. The van der Waals surface area contributed by atoms with E-state index in [1.807, 2.05) is 0 Å². The second-order valence-corrected chi connectivity index (χ2v) is 8.04. The minimum absolute atomic E-state index is 0.144. The third-order valence-corrected chi connectivity index (χ3v) is 5.90. The predicted molar refractivity (Wildman–Crippen MR) is 97.9 cm³/mol. The van der Waals surface area contributed by atoms with Gasteiger partial charge in [0.15, 0.2) is 0 Å². The van der Waals surface area contributed by atoms with Crippen molar-refractivity contribution in [3.8, 4) is 0 Å². The van der Waals surface area contributed by atoms with Crippen LogP contribution in [0.1, 0.15) is 25.3 Å². The number of anilines is 1. The fourth-order valence-corrected chi connectivity index (χ4v) is 4.27. The summed E-state index contributed by atoms with van der Waals surface area (Å²) in [6.07, 6.45) is 2.24. The van der Waals surface area contributed by atoms with Gasteiger partial charge in [-0.05, 0) is 54.8 Å². The molecule has 0 saturated carbocycles. The van der Waals surface area contributed by atoms with Crippen LogP contribution in [0.2, 0.25) is 0 Å². The molecule has 1 atom stereocenters. The number of amides is 1. The van der Waals surface area contributed by atoms with Gasteiger partial charge in [0, 0.05) is 12.2 Å². The monoisotopic (exact) mass is 376 g/mol. The van der Waals surface area contributed by atoms with E-state index in [1.54, 1.807) is 24.3 Å². The lowest BCUT2D eigenvalue weighted by molar-refractivity contribution is -0.118. The van der Waals surface area contributed by atoms with E-state index >= 15 is 0 Å². The van der Waals surface area contributed by atoms with Crippen LogP contribution in [-0.4, -0.2) is 26.9 Å². The SMILES string of the molecule is CCCc1ccc(S(=O)(=O)N[C@H]2CCN(c3ccc(F)cc3)C2=O)cc1. The highest BCUT2D eigenvalue weighted by atomic mass is 32.2. The number of hydrogen-bond donors (Lipinski definition) is 1. The van der Waals surface area contributed by atoms with Crippen LogP contribution in [0.3, 0.4) is 0 Å². The molecule has 1 aliphatic heterocycles. The Balaban J connectivity index is 1.72. The van der Waals surface area contributed by atoms with Crippen molar-refractivity contribution in [2.24, 2.45) is 0 Å². The molecule has 1 N–H and O–H groups in total. The van der Waals surface area contributed by atoms with Crippen LogP contribution in [0, 0.1) is 5.82 Å². The third-order valence-electron chi connectivity index (χ3n) is 4.41. The summed E-state index contributed by atoms with van der Waals surface area (Å²) in [5.41, 5.74) is 1.63. The molecule has 1 aliphatic rings. The van der Waals surface area contributed by atoms with Crippen LogP contribution in [0.15, 0.2) is 53.4 Å². The average Bonchev–Trinajstić information content (AvgIpc) is 2.97. The zero-order chi connectivity index (χ0) is 18.7. The summed E-state index contributed by atoms with van der Waals surface area (Å²) in [5.74, 6) is -0.716. The molecule has 138 valence electrons. The van der Waals surface area contributed by atoms with Crippen molar-refractivity contribution in [3.63, 3.8) is 0 Å². The first-order valence-electron chi connectivity index (χ1n) is 8.59. The number of aryl methyl sites for hydroxylation is 1. The topological polar surface area (TPSA) is 66.5 Å². The van der Waals surface area contributed by atoms with Gasteiger partial charge >= 0.3 is 0 Å². The normalized spacial score (nSPS) is 17.7. The molecule has 0 spiro atoms. The van der Waals surface area contributed by atoms with Crippen LogP contribution < -0.4 is 9.62 Å². The van der Waals surface area contributed by atoms with Gasteiger partial charge in [-0.15, -0.1) is 0 Å². The van der Waals surface area contributed by atoms with Crippen molar-refractivity contribution < 1.29 is 17.6 Å². The second-order valence-electron chi connectivity index (χ2n) is 6.32. The van der Waals surface area contributed by atoms with E-state index in [1.165, 1.54) is 29.2 Å². The van der Waals surface area contributed by atoms with Gasteiger partial charge in [0.2, 0.25) is 15.9 Å². The molecule has 0 unspecified atom stereocenters. The zero-order valence-corrected chi connectivity index (χ0v) is 15.3. The van der Waals surface area contributed by atoms with Crippen LogP contribution in [0.5, 0.6) is 0 Å². The predicted octanol–water partition coefficient (Wildman–Crippen LogP) is 2.86. The molecular formula is C19H21FN2O3S.